The van der Waals surface area contributed by atoms with Gasteiger partial charge in [-0.1, -0.05) is 30.3 Å². The van der Waals surface area contributed by atoms with Crippen molar-refractivity contribution in [2.45, 2.75) is 19.4 Å². The fraction of sp³-hybridized carbons (Fsp3) is 0.190. The minimum Gasteiger partial charge on any atom is -0.423 e. The number of hydrogen-bond donors (Lipinski definition) is 3. The number of carbonyl (C=O) groups excluding carboxylic acids is 2. The van der Waals surface area contributed by atoms with Gasteiger partial charge < -0.3 is 20.8 Å². The highest BCUT2D eigenvalue weighted by Crippen LogP contribution is 2.21. The van der Waals surface area contributed by atoms with E-state index in [0.29, 0.717) is 17.7 Å². The maximum absolute atomic E-state index is 12.8. The van der Waals surface area contributed by atoms with Crippen molar-refractivity contribution < 1.29 is 14.0 Å². The number of anilines is 1. The van der Waals surface area contributed by atoms with E-state index in [1.807, 2.05) is 37.3 Å². The fourth-order valence-electron chi connectivity index (χ4n) is 2.94. The monoisotopic (exact) mass is 415 g/mol. The number of nitrogens with one attached hydrogen (secondary N) is 2. The van der Waals surface area contributed by atoms with Crippen LogP contribution < -0.4 is 22.0 Å². The van der Waals surface area contributed by atoms with Gasteiger partial charge in [0.15, 0.2) is 0 Å². The van der Waals surface area contributed by atoms with Gasteiger partial charge in [0.05, 0.1) is 6.54 Å². The normalized spacial score (nSPS) is 11.4. The number of aryl methyl sites for hydroxylation is 1. The molecular formula is C21H22ClN3O4. The highest BCUT2D eigenvalue weighted by atomic mass is 35.5. The van der Waals surface area contributed by atoms with Crippen molar-refractivity contribution in [3.8, 4) is 0 Å². The summed E-state index contributed by atoms with van der Waals surface area (Å²) in [6, 6.07) is 15.1. The van der Waals surface area contributed by atoms with Crippen LogP contribution in [0.2, 0.25) is 0 Å². The summed E-state index contributed by atoms with van der Waals surface area (Å²) in [6.07, 6.45) is 0.320. The number of nitrogens with two attached hydrogens (primary N) is 1. The van der Waals surface area contributed by atoms with Crippen molar-refractivity contribution in [1.82, 2.24) is 5.32 Å². The predicted octanol–water partition coefficient (Wildman–Crippen LogP) is 2.15. The van der Waals surface area contributed by atoms with E-state index >= 15 is 0 Å². The Labute approximate surface area is 173 Å². The molecule has 0 aliphatic heterocycles. The van der Waals surface area contributed by atoms with E-state index in [1.54, 1.807) is 18.2 Å². The zero-order valence-electron chi connectivity index (χ0n) is 15.8. The Morgan fingerprint density at radius 3 is 2.52 bits per heavy atom. The first-order chi connectivity index (χ1) is 13.5. The molecule has 1 heterocycles. The molecule has 0 radical (unpaired) electrons. The average molecular weight is 416 g/mol. The second-order valence-electron chi connectivity index (χ2n) is 6.46. The van der Waals surface area contributed by atoms with Crippen LogP contribution in [0.25, 0.3) is 11.0 Å². The summed E-state index contributed by atoms with van der Waals surface area (Å²) in [6.45, 7) is 1.61. The first-order valence-electron chi connectivity index (χ1n) is 8.85. The van der Waals surface area contributed by atoms with E-state index in [4.69, 9.17) is 10.2 Å². The van der Waals surface area contributed by atoms with Crippen LogP contribution in [0.5, 0.6) is 0 Å². The van der Waals surface area contributed by atoms with Crippen LogP contribution in [0, 0.1) is 6.92 Å². The number of benzene rings is 2. The molecule has 4 N–H and O–H groups in total. The molecule has 29 heavy (non-hydrogen) atoms. The summed E-state index contributed by atoms with van der Waals surface area (Å²) in [5.41, 5.74) is 7.46. The molecular weight excluding hydrogens is 394 g/mol. The molecule has 0 fully saturated rings. The standard InChI is InChI=1S/C21H21N3O4.ClH/c1-13-9-20(26)28-18-11-15(7-8-16(13)18)23-21(27)17(24-19(25)12-22)10-14-5-3-2-4-6-14;/h2-9,11,17H,10,12,22H2,1H3,(H,23,27)(H,24,25);1H. The van der Waals surface area contributed by atoms with E-state index in [2.05, 4.69) is 10.6 Å². The second kappa shape index (κ2) is 9.86. The van der Waals surface area contributed by atoms with Crippen LogP contribution in [-0.4, -0.2) is 24.4 Å². The first-order valence-corrected chi connectivity index (χ1v) is 8.85. The van der Waals surface area contributed by atoms with E-state index in [9.17, 15) is 14.4 Å². The largest absolute Gasteiger partial charge is 0.423 e. The lowest BCUT2D eigenvalue weighted by atomic mass is 10.0. The highest BCUT2D eigenvalue weighted by Gasteiger charge is 2.21. The molecule has 152 valence electrons. The van der Waals surface area contributed by atoms with Gasteiger partial charge in [0.1, 0.15) is 11.6 Å². The molecule has 8 heteroatoms. The third-order valence-electron chi connectivity index (χ3n) is 4.34. The fourth-order valence-corrected chi connectivity index (χ4v) is 2.94. The van der Waals surface area contributed by atoms with Crippen molar-refractivity contribution in [3.05, 3.63) is 76.1 Å². The molecule has 3 rings (SSSR count). The third-order valence-corrected chi connectivity index (χ3v) is 4.34. The molecule has 0 aliphatic rings. The van der Waals surface area contributed by atoms with Gasteiger partial charge in [0, 0.05) is 29.6 Å². The Morgan fingerprint density at radius 2 is 1.83 bits per heavy atom. The number of fused-ring (bicyclic) bond motifs is 1. The van der Waals surface area contributed by atoms with E-state index in [-0.39, 0.29) is 24.9 Å². The van der Waals surface area contributed by atoms with Crippen LogP contribution in [0.1, 0.15) is 11.1 Å². The number of halogens is 1. The maximum atomic E-state index is 12.8. The van der Waals surface area contributed by atoms with E-state index in [0.717, 1.165) is 16.5 Å². The van der Waals surface area contributed by atoms with Gasteiger partial charge in [-0.25, -0.2) is 4.79 Å². The zero-order valence-corrected chi connectivity index (χ0v) is 16.6. The Hall–Kier alpha value is -3.16. The Kier molecular flexibility index (Phi) is 7.52. The van der Waals surface area contributed by atoms with Crippen LogP contribution in [0.3, 0.4) is 0 Å². The molecule has 0 aliphatic carbocycles. The Balaban J connectivity index is 0.00000300. The highest BCUT2D eigenvalue weighted by molar-refractivity contribution is 5.99. The van der Waals surface area contributed by atoms with Crippen molar-refractivity contribution in [1.29, 1.82) is 0 Å². The molecule has 0 spiro atoms. The van der Waals surface area contributed by atoms with Crippen molar-refractivity contribution in [2.75, 3.05) is 11.9 Å². The lowest BCUT2D eigenvalue weighted by molar-refractivity contribution is -0.125. The number of rotatable bonds is 6. The van der Waals surface area contributed by atoms with E-state index < -0.39 is 17.6 Å². The van der Waals surface area contributed by atoms with Crippen LogP contribution in [0.4, 0.5) is 5.69 Å². The summed E-state index contributed by atoms with van der Waals surface area (Å²) in [7, 11) is 0. The van der Waals surface area contributed by atoms with Gasteiger partial charge in [-0.15, -0.1) is 12.4 Å². The quantitative estimate of drug-likeness (QED) is 0.533. The molecule has 2 amide bonds. The van der Waals surface area contributed by atoms with E-state index in [1.165, 1.54) is 6.07 Å². The van der Waals surface area contributed by atoms with Gasteiger partial charge in [-0.3, -0.25) is 9.59 Å². The van der Waals surface area contributed by atoms with Gasteiger partial charge in [0.25, 0.3) is 0 Å². The number of amides is 2. The SMILES string of the molecule is Cc1cc(=O)oc2cc(NC(=O)C(Cc3ccccc3)NC(=O)CN)ccc12.Cl. The van der Waals surface area contributed by atoms with Gasteiger partial charge in [-0.2, -0.15) is 0 Å². The van der Waals surface area contributed by atoms with Crippen molar-refractivity contribution in [2.24, 2.45) is 5.73 Å². The summed E-state index contributed by atoms with van der Waals surface area (Å²) in [5.74, 6) is -0.809. The zero-order chi connectivity index (χ0) is 20.1. The van der Waals surface area contributed by atoms with Gasteiger partial charge in [-0.05, 0) is 30.2 Å². The summed E-state index contributed by atoms with van der Waals surface area (Å²) in [4.78, 5) is 36.1. The number of carbonyl (C=O) groups is 2. The lowest BCUT2D eigenvalue weighted by Gasteiger charge is -2.18. The predicted molar refractivity (Wildman–Crippen MR) is 114 cm³/mol. The minimum absolute atomic E-state index is 0. The Bertz CT molecular complexity index is 1070. The molecule has 1 atom stereocenters. The van der Waals surface area contributed by atoms with Crippen LogP contribution >= 0.6 is 12.4 Å². The number of hydrogen-bond acceptors (Lipinski definition) is 5. The first kappa shape index (κ1) is 22.1. The molecule has 2 aromatic carbocycles. The van der Waals surface area contributed by atoms with Crippen molar-refractivity contribution in [3.63, 3.8) is 0 Å². The smallest absolute Gasteiger partial charge is 0.336 e. The molecule has 0 saturated heterocycles. The topological polar surface area (TPSA) is 114 Å². The van der Waals surface area contributed by atoms with Gasteiger partial charge in [0.2, 0.25) is 11.8 Å². The molecule has 0 saturated carbocycles. The lowest BCUT2D eigenvalue weighted by Crippen LogP contribution is -2.47. The van der Waals surface area contributed by atoms with Gasteiger partial charge >= 0.3 is 5.63 Å². The summed E-state index contributed by atoms with van der Waals surface area (Å²) in [5, 5.41) is 6.19. The molecule has 1 aromatic heterocycles. The summed E-state index contributed by atoms with van der Waals surface area (Å²) >= 11 is 0. The van der Waals surface area contributed by atoms with Crippen molar-refractivity contribution >= 4 is 40.9 Å². The second-order valence-corrected chi connectivity index (χ2v) is 6.46. The minimum atomic E-state index is -0.793. The maximum Gasteiger partial charge on any atom is 0.336 e. The molecule has 3 aromatic rings. The molecule has 1 unspecified atom stereocenters. The van der Waals surface area contributed by atoms with Crippen LogP contribution in [-0.2, 0) is 16.0 Å². The third kappa shape index (κ3) is 5.66. The molecule has 7 nitrogen and oxygen atoms in total. The van der Waals surface area contributed by atoms with Crippen LogP contribution in [0.15, 0.2) is 63.8 Å². The average Bonchev–Trinajstić information content (AvgIpc) is 2.67. The summed E-state index contributed by atoms with van der Waals surface area (Å²) < 4.78 is 5.21. The molecule has 0 bridgehead atoms. The Morgan fingerprint density at radius 1 is 1.10 bits per heavy atom.